The lowest BCUT2D eigenvalue weighted by molar-refractivity contribution is 0.601. The van der Waals surface area contributed by atoms with Crippen LogP contribution in [0, 0.1) is 0 Å². The second-order valence-corrected chi connectivity index (χ2v) is 9.16. The maximum atomic E-state index is 12.7. The first-order valence-electron chi connectivity index (χ1n) is 8.94. The van der Waals surface area contributed by atoms with Crippen LogP contribution in [0.25, 0.3) is 11.4 Å². The second-order valence-electron chi connectivity index (χ2n) is 6.66. The van der Waals surface area contributed by atoms with E-state index in [1.54, 1.807) is 18.2 Å². The fraction of sp³-hybridized carbons (Fsp3) is 0.263. The smallest absolute Gasteiger partial charge is 0.261 e. The number of rotatable bonds is 4. The number of sulfonamides is 1. The van der Waals surface area contributed by atoms with Gasteiger partial charge in [-0.3, -0.25) is 4.72 Å². The van der Waals surface area contributed by atoms with Crippen molar-refractivity contribution in [2.75, 3.05) is 4.72 Å². The van der Waals surface area contributed by atoms with E-state index in [0.29, 0.717) is 10.7 Å². The summed E-state index contributed by atoms with van der Waals surface area (Å²) in [4.78, 5) is 0.0450. The molecule has 0 radical (unpaired) electrons. The normalized spacial score (nSPS) is 14.4. The molecule has 0 atom stereocenters. The van der Waals surface area contributed by atoms with Crippen LogP contribution >= 0.6 is 23.2 Å². The molecule has 2 aromatic carbocycles. The van der Waals surface area contributed by atoms with E-state index in [4.69, 9.17) is 23.2 Å². The fourth-order valence-electron chi connectivity index (χ4n) is 3.28. The molecular formula is C19H18Cl2N4O2S. The van der Waals surface area contributed by atoms with Gasteiger partial charge in [0.05, 0.1) is 14.9 Å². The van der Waals surface area contributed by atoms with Gasteiger partial charge in [-0.25, -0.2) is 8.42 Å². The first kappa shape index (κ1) is 19.2. The Bertz CT molecular complexity index is 1130. The molecule has 1 aliphatic rings. The molecule has 4 rings (SSSR count). The number of hydrogen-bond acceptors (Lipinski definition) is 4. The van der Waals surface area contributed by atoms with Crippen molar-refractivity contribution in [1.82, 2.24) is 14.8 Å². The Morgan fingerprint density at radius 2 is 1.82 bits per heavy atom. The number of aryl methyl sites for hydroxylation is 1. The van der Waals surface area contributed by atoms with Crippen LogP contribution in [0.2, 0.25) is 10.0 Å². The number of anilines is 1. The first-order chi connectivity index (χ1) is 13.4. The summed E-state index contributed by atoms with van der Waals surface area (Å²) < 4.78 is 30.1. The molecule has 0 bridgehead atoms. The van der Waals surface area contributed by atoms with Crippen molar-refractivity contribution < 1.29 is 8.42 Å². The quantitative estimate of drug-likeness (QED) is 0.638. The van der Waals surface area contributed by atoms with E-state index in [1.165, 1.54) is 24.6 Å². The van der Waals surface area contributed by atoms with Crippen LogP contribution in [-0.2, 0) is 23.0 Å². The standard InChI is InChI=1S/C19H18Cl2N4O2S/c20-16-9-8-15(12-17(16)21)28(26,27)24-14-6-4-5-13(11-14)19-23-22-18-7-2-1-3-10-25(18)19/h4-6,8-9,11-12,24H,1-3,7,10H2. The predicted molar refractivity (Wildman–Crippen MR) is 110 cm³/mol. The average molecular weight is 437 g/mol. The molecule has 9 heteroatoms. The summed E-state index contributed by atoms with van der Waals surface area (Å²) in [5.74, 6) is 1.74. The zero-order valence-electron chi connectivity index (χ0n) is 14.9. The summed E-state index contributed by atoms with van der Waals surface area (Å²) in [6, 6.07) is 11.3. The minimum absolute atomic E-state index is 0.0450. The predicted octanol–water partition coefficient (Wildman–Crippen LogP) is 4.78. The molecule has 3 aromatic rings. The van der Waals surface area contributed by atoms with Gasteiger partial charge < -0.3 is 4.57 Å². The molecule has 0 saturated heterocycles. The highest BCUT2D eigenvalue weighted by molar-refractivity contribution is 7.92. The van der Waals surface area contributed by atoms with Gasteiger partial charge in [-0.05, 0) is 43.2 Å². The topological polar surface area (TPSA) is 76.9 Å². The van der Waals surface area contributed by atoms with Crippen molar-refractivity contribution in [2.45, 2.75) is 37.1 Å². The number of nitrogens with zero attached hydrogens (tertiary/aromatic N) is 3. The molecule has 1 aromatic heterocycles. The first-order valence-corrected chi connectivity index (χ1v) is 11.2. The van der Waals surface area contributed by atoms with Gasteiger partial charge in [-0.2, -0.15) is 0 Å². The molecule has 0 fully saturated rings. The van der Waals surface area contributed by atoms with E-state index in [0.717, 1.165) is 43.0 Å². The lowest BCUT2D eigenvalue weighted by atomic mass is 10.2. The van der Waals surface area contributed by atoms with Crippen LogP contribution in [0.4, 0.5) is 5.69 Å². The number of hydrogen-bond donors (Lipinski definition) is 1. The average Bonchev–Trinajstić information content (AvgIpc) is 2.92. The van der Waals surface area contributed by atoms with Gasteiger partial charge >= 0.3 is 0 Å². The van der Waals surface area contributed by atoms with Crippen molar-refractivity contribution in [3.8, 4) is 11.4 Å². The Morgan fingerprint density at radius 1 is 0.964 bits per heavy atom. The maximum absolute atomic E-state index is 12.7. The van der Waals surface area contributed by atoms with E-state index < -0.39 is 10.0 Å². The largest absolute Gasteiger partial charge is 0.311 e. The SMILES string of the molecule is O=S(=O)(Nc1cccc(-c2nnc3n2CCCCC3)c1)c1ccc(Cl)c(Cl)c1. The Balaban J connectivity index is 1.64. The Labute approximate surface area is 173 Å². The zero-order chi connectivity index (χ0) is 19.7. The third-order valence-corrected chi connectivity index (χ3v) is 6.80. The summed E-state index contributed by atoms with van der Waals surface area (Å²) >= 11 is 11.8. The van der Waals surface area contributed by atoms with Crippen LogP contribution in [0.15, 0.2) is 47.4 Å². The molecule has 146 valence electrons. The molecule has 0 spiro atoms. The molecule has 0 aliphatic carbocycles. The van der Waals surface area contributed by atoms with Crippen molar-refractivity contribution in [3.05, 3.63) is 58.3 Å². The van der Waals surface area contributed by atoms with E-state index in [2.05, 4.69) is 19.5 Å². The minimum Gasteiger partial charge on any atom is -0.311 e. The molecule has 1 N–H and O–H groups in total. The monoisotopic (exact) mass is 436 g/mol. The number of benzene rings is 2. The molecule has 6 nitrogen and oxygen atoms in total. The summed E-state index contributed by atoms with van der Waals surface area (Å²) in [5, 5.41) is 9.13. The molecule has 1 aliphatic heterocycles. The summed E-state index contributed by atoms with van der Waals surface area (Å²) in [6.07, 6.45) is 4.28. The van der Waals surface area contributed by atoms with Gasteiger partial charge in [-0.1, -0.05) is 41.8 Å². The van der Waals surface area contributed by atoms with Crippen LogP contribution in [0.5, 0.6) is 0 Å². The Morgan fingerprint density at radius 3 is 2.64 bits per heavy atom. The lowest BCUT2D eigenvalue weighted by Crippen LogP contribution is -2.13. The zero-order valence-corrected chi connectivity index (χ0v) is 17.2. The Hall–Kier alpha value is -2.09. The Kier molecular flexibility index (Phi) is 5.31. The van der Waals surface area contributed by atoms with Gasteiger partial charge in [0.25, 0.3) is 10.0 Å². The number of halogens is 2. The van der Waals surface area contributed by atoms with Gasteiger partial charge in [0.15, 0.2) is 5.82 Å². The molecule has 0 unspecified atom stereocenters. The molecule has 0 saturated carbocycles. The highest BCUT2D eigenvalue weighted by Gasteiger charge is 2.18. The van der Waals surface area contributed by atoms with Gasteiger partial charge in [0, 0.05) is 24.2 Å². The van der Waals surface area contributed by atoms with Gasteiger partial charge in [0.2, 0.25) is 0 Å². The van der Waals surface area contributed by atoms with E-state index in [-0.39, 0.29) is 9.92 Å². The fourth-order valence-corrected chi connectivity index (χ4v) is 4.72. The van der Waals surface area contributed by atoms with E-state index in [1.807, 2.05) is 6.07 Å². The van der Waals surface area contributed by atoms with Gasteiger partial charge in [-0.15, -0.1) is 10.2 Å². The molecule has 2 heterocycles. The van der Waals surface area contributed by atoms with E-state index >= 15 is 0 Å². The lowest BCUT2D eigenvalue weighted by Gasteiger charge is -2.11. The minimum atomic E-state index is -3.80. The molecular weight excluding hydrogens is 419 g/mol. The van der Waals surface area contributed by atoms with Crippen molar-refractivity contribution in [3.63, 3.8) is 0 Å². The highest BCUT2D eigenvalue weighted by Crippen LogP contribution is 2.28. The molecule has 28 heavy (non-hydrogen) atoms. The van der Waals surface area contributed by atoms with E-state index in [9.17, 15) is 8.42 Å². The molecule has 0 amide bonds. The summed E-state index contributed by atoms with van der Waals surface area (Å²) in [7, 11) is -3.80. The van der Waals surface area contributed by atoms with Crippen LogP contribution in [-0.4, -0.2) is 23.2 Å². The van der Waals surface area contributed by atoms with Crippen LogP contribution in [0.3, 0.4) is 0 Å². The number of aromatic nitrogens is 3. The number of fused-ring (bicyclic) bond motifs is 1. The van der Waals surface area contributed by atoms with Crippen LogP contribution < -0.4 is 4.72 Å². The third-order valence-electron chi connectivity index (χ3n) is 4.68. The highest BCUT2D eigenvalue weighted by atomic mass is 35.5. The maximum Gasteiger partial charge on any atom is 0.261 e. The van der Waals surface area contributed by atoms with Crippen LogP contribution in [0.1, 0.15) is 25.1 Å². The van der Waals surface area contributed by atoms with Gasteiger partial charge in [0.1, 0.15) is 5.82 Å². The van der Waals surface area contributed by atoms with Crippen molar-refractivity contribution in [1.29, 1.82) is 0 Å². The summed E-state index contributed by atoms with van der Waals surface area (Å²) in [6.45, 7) is 0.872. The second kappa shape index (κ2) is 7.73. The third kappa shape index (κ3) is 3.87. The summed E-state index contributed by atoms with van der Waals surface area (Å²) in [5.41, 5.74) is 1.25. The van der Waals surface area contributed by atoms with Crippen molar-refractivity contribution in [2.24, 2.45) is 0 Å². The van der Waals surface area contributed by atoms with Crippen molar-refractivity contribution >= 4 is 38.9 Å². The number of nitrogens with one attached hydrogen (secondary N) is 1.